The van der Waals surface area contributed by atoms with E-state index in [1.165, 1.54) is 16.7 Å². The highest BCUT2D eigenvalue weighted by Crippen LogP contribution is 2.32. The molecule has 1 N–H and O–H groups in total. The Morgan fingerprint density at radius 2 is 1.94 bits per heavy atom. The van der Waals surface area contributed by atoms with Crippen LogP contribution >= 0.6 is 24.0 Å². The van der Waals surface area contributed by atoms with Gasteiger partial charge < -0.3 is 10.2 Å². The van der Waals surface area contributed by atoms with E-state index in [1.54, 1.807) is 12.7 Å². The summed E-state index contributed by atoms with van der Waals surface area (Å²) in [5, 5.41) is 7.75. The van der Waals surface area contributed by atoms with Gasteiger partial charge in [0.2, 0.25) is 0 Å². The average molecular weight is 530 g/mol. The summed E-state index contributed by atoms with van der Waals surface area (Å²) in [5.74, 6) is 2.19. The fourth-order valence-corrected chi connectivity index (χ4v) is 4.39. The average Bonchev–Trinajstić information content (AvgIpc) is 3.28. The van der Waals surface area contributed by atoms with Crippen molar-refractivity contribution >= 4 is 29.9 Å². The number of likely N-dealkylation sites (tertiary alicyclic amines) is 1. The molecule has 1 aromatic heterocycles. The predicted octanol–water partition coefficient (Wildman–Crippen LogP) is 4.15. The molecule has 0 bridgehead atoms. The fraction of sp³-hybridized carbons (Fsp3) is 0.375. The van der Waals surface area contributed by atoms with Crippen LogP contribution in [0.1, 0.15) is 36.0 Å². The van der Waals surface area contributed by atoms with Gasteiger partial charge in [-0.25, -0.2) is 9.67 Å². The summed E-state index contributed by atoms with van der Waals surface area (Å²) in [5.41, 5.74) is 3.91. The van der Waals surface area contributed by atoms with Crippen LogP contribution in [0.2, 0.25) is 0 Å². The number of benzene rings is 2. The molecule has 7 heteroatoms. The number of hydrogen-bond acceptors (Lipinski definition) is 3. The Hall–Kier alpha value is -2.42. The van der Waals surface area contributed by atoms with E-state index in [1.807, 2.05) is 11.7 Å². The number of guanidine groups is 1. The lowest BCUT2D eigenvalue weighted by Crippen LogP contribution is -2.47. The maximum Gasteiger partial charge on any atom is 0.193 e. The summed E-state index contributed by atoms with van der Waals surface area (Å²) >= 11 is 0. The number of aliphatic imine (C=N–C) groups is 1. The second-order valence-electron chi connectivity index (χ2n) is 8.04. The standard InChI is InChI=1S/C24H30N6.HI/c1-19-15-29(12-11-23(19)22-9-4-3-5-10-22)24(25-2)27-14-20-7-6-8-21(13-20)16-30-18-26-17-28-30;/h3-10,13,17-19,23H,11-12,14-16H2,1-2H3,(H,25,27);1H. The molecule has 2 unspecified atom stereocenters. The molecule has 1 aliphatic rings. The van der Waals surface area contributed by atoms with Crippen LogP contribution in [0.4, 0.5) is 0 Å². The first-order valence-corrected chi connectivity index (χ1v) is 10.6. The molecule has 164 valence electrons. The van der Waals surface area contributed by atoms with Gasteiger partial charge in [0.15, 0.2) is 5.96 Å². The Balaban J connectivity index is 0.00000272. The van der Waals surface area contributed by atoms with Crippen LogP contribution in [-0.4, -0.2) is 45.8 Å². The first kappa shape index (κ1) is 23.2. The predicted molar refractivity (Wildman–Crippen MR) is 136 cm³/mol. The minimum atomic E-state index is 0. The number of hydrogen-bond donors (Lipinski definition) is 1. The maximum absolute atomic E-state index is 4.55. The molecule has 31 heavy (non-hydrogen) atoms. The van der Waals surface area contributed by atoms with Gasteiger partial charge in [0.05, 0.1) is 6.54 Å². The lowest BCUT2D eigenvalue weighted by molar-refractivity contribution is 0.234. The number of halogens is 1. The molecule has 2 atom stereocenters. The molecular formula is C24H31IN6. The Morgan fingerprint density at radius 3 is 2.65 bits per heavy atom. The Kier molecular flexibility index (Phi) is 8.45. The van der Waals surface area contributed by atoms with Gasteiger partial charge in [0.25, 0.3) is 0 Å². The van der Waals surface area contributed by atoms with Gasteiger partial charge in [-0.1, -0.05) is 61.5 Å². The van der Waals surface area contributed by atoms with E-state index in [4.69, 9.17) is 0 Å². The SMILES string of the molecule is CN=C(NCc1cccc(Cn2cncn2)c1)N1CCC(c2ccccc2)C(C)C1.I. The Bertz CT molecular complexity index is 957. The molecule has 0 spiro atoms. The highest BCUT2D eigenvalue weighted by atomic mass is 127. The zero-order valence-corrected chi connectivity index (χ0v) is 20.5. The van der Waals surface area contributed by atoms with Crippen molar-refractivity contribution in [3.63, 3.8) is 0 Å². The summed E-state index contributed by atoms with van der Waals surface area (Å²) in [6.07, 6.45) is 4.46. The van der Waals surface area contributed by atoms with E-state index >= 15 is 0 Å². The van der Waals surface area contributed by atoms with Crippen LogP contribution in [0, 0.1) is 5.92 Å². The third-order valence-corrected chi connectivity index (χ3v) is 5.90. The lowest BCUT2D eigenvalue weighted by atomic mass is 9.82. The highest BCUT2D eigenvalue weighted by Gasteiger charge is 2.28. The van der Waals surface area contributed by atoms with Gasteiger partial charge in [0.1, 0.15) is 12.7 Å². The van der Waals surface area contributed by atoms with Crippen molar-refractivity contribution in [3.05, 3.63) is 83.9 Å². The van der Waals surface area contributed by atoms with Gasteiger partial charge in [0, 0.05) is 26.7 Å². The second-order valence-corrected chi connectivity index (χ2v) is 8.04. The normalized spacial score (nSPS) is 19.0. The van der Waals surface area contributed by atoms with Gasteiger partial charge in [-0.15, -0.1) is 24.0 Å². The van der Waals surface area contributed by atoms with Crippen molar-refractivity contribution in [3.8, 4) is 0 Å². The number of piperidine rings is 1. The molecule has 0 saturated carbocycles. The van der Waals surface area contributed by atoms with E-state index in [0.717, 1.165) is 38.6 Å². The monoisotopic (exact) mass is 530 g/mol. The largest absolute Gasteiger partial charge is 0.352 e. The zero-order valence-electron chi connectivity index (χ0n) is 18.2. The molecule has 0 aliphatic carbocycles. The summed E-state index contributed by atoms with van der Waals surface area (Å²) in [6.45, 7) is 5.88. The molecule has 0 amide bonds. The van der Waals surface area contributed by atoms with Gasteiger partial charge in [-0.05, 0) is 34.9 Å². The molecule has 0 radical (unpaired) electrons. The van der Waals surface area contributed by atoms with Gasteiger partial charge >= 0.3 is 0 Å². The zero-order chi connectivity index (χ0) is 20.8. The summed E-state index contributed by atoms with van der Waals surface area (Å²) < 4.78 is 1.84. The topological polar surface area (TPSA) is 58.3 Å². The molecule has 2 aromatic carbocycles. The number of nitrogens with zero attached hydrogens (tertiary/aromatic N) is 5. The van der Waals surface area contributed by atoms with E-state index in [-0.39, 0.29) is 24.0 Å². The van der Waals surface area contributed by atoms with Crippen LogP contribution < -0.4 is 5.32 Å². The van der Waals surface area contributed by atoms with Crippen molar-refractivity contribution in [2.24, 2.45) is 10.9 Å². The molecule has 1 saturated heterocycles. The minimum Gasteiger partial charge on any atom is -0.352 e. The van der Waals surface area contributed by atoms with Crippen molar-refractivity contribution in [1.82, 2.24) is 25.0 Å². The first-order chi connectivity index (χ1) is 14.7. The smallest absolute Gasteiger partial charge is 0.193 e. The molecule has 4 rings (SSSR count). The number of aromatic nitrogens is 3. The minimum absolute atomic E-state index is 0. The molecule has 6 nitrogen and oxygen atoms in total. The summed E-state index contributed by atoms with van der Waals surface area (Å²) in [6, 6.07) is 19.5. The van der Waals surface area contributed by atoms with Crippen LogP contribution in [0.5, 0.6) is 0 Å². The summed E-state index contributed by atoms with van der Waals surface area (Å²) in [4.78, 5) is 11.0. The Morgan fingerprint density at radius 1 is 1.13 bits per heavy atom. The van der Waals surface area contributed by atoms with E-state index < -0.39 is 0 Å². The van der Waals surface area contributed by atoms with E-state index in [0.29, 0.717) is 11.8 Å². The highest BCUT2D eigenvalue weighted by molar-refractivity contribution is 14.0. The third kappa shape index (κ3) is 6.06. The van der Waals surface area contributed by atoms with Crippen LogP contribution in [-0.2, 0) is 13.1 Å². The second kappa shape index (κ2) is 11.3. The van der Waals surface area contributed by atoms with Gasteiger partial charge in [-0.2, -0.15) is 5.10 Å². The molecular weight excluding hydrogens is 499 g/mol. The van der Waals surface area contributed by atoms with E-state index in [9.17, 15) is 0 Å². The fourth-order valence-electron chi connectivity index (χ4n) is 4.39. The maximum atomic E-state index is 4.55. The lowest BCUT2D eigenvalue weighted by Gasteiger charge is -2.39. The quantitative estimate of drug-likeness (QED) is 0.306. The molecule has 1 fully saturated rings. The first-order valence-electron chi connectivity index (χ1n) is 10.6. The van der Waals surface area contributed by atoms with Crippen molar-refractivity contribution in [1.29, 1.82) is 0 Å². The number of nitrogens with one attached hydrogen (secondary N) is 1. The molecule has 2 heterocycles. The molecule has 1 aliphatic heterocycles. The van der Waals surface area contributed by atoms with Crippen LogP contribution in [0.15, 0.2) is 72.2 Å². The van der Waals surface area contributed by atoms with Crippen molar-refractivity contribution < 1.29 is 0 Å². The Labute approximate surface area is 201 Å². The van der Waals surface area contributed by atoms with Crippen LogP contribution in [0.25, 0.3) is 0 Å². The van der Waals surface area contributed by atoms with Crippen molar-refractivity contribution in [2.75, 3.05) is 20.1 Å². The summed E-state index contributed by atoms with van der Waals surface area (Å²) in [7, 11) is 1.87. The third-order valence-electron chi connectivity index (χ3n) is 5.90. The number of rotatable bonds is 5. The van der Waals surface area contributed by atoms with Crippen molar-refractivity contribution in [2.45, 2.75) is 32.4 Å². The van der Waals surface area contributed by atoms with E-state index in [2.05, 4.69) is 86.8 Å². The van der Waals surface area contributed by atoms with Crippen LogP contribution in [0.3, 0.4) is 0 Å². The molecule has 3 aromatic rings. The van der Waals surface area contributed by atoms with Gasteiger partial charge in [-0.3, -0.25) is 4.99 Å².